The predicted molar refractivity (Wildman–Crippen MR) is 99.0 cm³/mol. The number of rotatable bonds is 4. The third-order valence-electron chi connectivity index (χ3n) is 3.15. The van der Waals surface area contributed by atoms with Crippen LogP contribution in [0.4, 0.5) is 5.69 Å². The molecule has 0 aliphatic heterocycles. The number of carbonyl (C=O) groups excluding carboxylic acids is 1. The SMILES string of the molecule is Cc1ccc(SC(C)C(=O)Nc2ccc(I)cc2C)cc1. The van der Waals surface area contributed by atoms with Gasteiger partial charge in [0, 0.05) is 14.2 Å². The summed E-state index contributed by atoms with van der Waals surface area (Å²) in [6.45, 7) is 6.00. The lowest BCUT2D eigenvalue weighted by molar-refractivity contribution is -0.115. The average Bonchev–Trinajstić information content (AvgIpc) is 2.44. The summed E-state index contributed by atoms with van der Waals surface area (Å²) in [7, 11) is 0. The second-order valence-electron chi connectivity index (χ2n) is 5.02. The summed E-state index contributed by atoms with van der Waals surface area (Å²) >= 11 is 3.85. The molecule has 0 spiro atoms. The van der Waals surface area contributed by atoms with Crippen molar-refractivity contribution in [1.82, 2.24) is 0 Å². The first-order valence-corrected chi connectivity index (χ1v) is 8.72. The Hall–Kier alpha value is -1.01. The van der Waals surface area contributed by atoms with E-state index in [1.165, 1.54) is 9.13 Å². The van der Waals surface area contributed by atoms with Gasteiger partial charge in [-0.2, -0.15) is 0 Å². The van der Waals surface area contributed by atoms with Gasteiger partial charge in [-0.25, -0.2) is 0 Å². The monoisotopic (exact) mass is 411 g/mol. The van der Waals surface area contributed by atoms with Crippen molar-refractivity contribution in [1.29, 1.82) is 0 Å². The van der Waals surface area contributed by atoms with Crippen LogP contribution in [0.1, 0.15) is 18.1 Å². The van der Waals surface area contributed by atoms with Crippen LogP contribution in [0.3, 0.4) is 0 Å². The maximum Gasteiger partial charge on any atom is 0.237 e. The molecule has 0 aliphatic rings. The van der Waals surface area contributed by atoms with Crippen LogP contribution < -0.4 is 5.32 Å². The second kappa shape index (κ2) is 7.31. The molecule has 0 bridgehead atoms. The van der Waals surface area contributed by atoms with E-state index in [0.29, 0.717) is 0 Å². The van der Waals surface area contributed by atoms with Crippen LogP contribution in [0.5, 0.6) is 0 Å². The number of hydrogen-bond acceptors (Lipinski definition) is 2. The minimum absolute atomic E-state index is 0.0323. The van der Waals surface area contributed by atoms with Crippen LogP contribution in [-0.2, 0) is 4.79 Å². The van der Waals surface area contributed by atoms with Crippen molar-refractivity contribution in [3.8, 4) is 0 Å². The summed E-state index contributed by atoms with van der Waals surface area (Å²) in [4.78, 5) is 13.4. The van der Waals surface area contributed by atoms with Crippen LogP contribution in [0.15, 0.2) is 47.4 Å². The fourth-order valence-corrected chi connectivity index (χ4v) is 3.39. The van der Waals surface area contributed by atoms with Crippen molar-refractivity contribution < 1.29 is 4.79 Å². The van der Waals surface area contributed by atoms with Gasteiger partial charge < -0.3 is 5.32 Å². The van der Waals surface area contributed by atoms with Gasteiger partial charge in [0.1, 0.15) is 0 Å². The number of anilines is 1. The number of hydrogen-bond donors (Lipinski definition) is 1. The Balaban J connectivity index is 2.00. The van der Waals surface area contributed by atoms with Gasteiger partial charge in [0.05, 0.1) is 5.25 Å². The van der Waals surface area contributed by atoms with Gasteiger partial charge in [-0.1, -0.05) is 17.7 Å². The fourth-order valence-electron chi connectivity index (χ4n) is 1.88. The summed E-state index contributed by atoms with van der Waals surface area (Å²) in [6, 6.07) is 14.3. The summed E-state index contributed by atoms with van der Waals surface area (Å²) < 4.78 is 1.17. The number of benzene rings is 2. The Morgan fingerprint density at radius 1 is 1.14 bits per heavy atom. The minimum Gasteiger partial charge on any atom is -0.325 e. The predicted octanol–water partition coefficient (Wildman–Crippen LogP) is 5.03. The molecule has 2 aromatic rings. The number of nitrogens with one attached hydrogen (secondary N) is 1. The van der Waals surface area contributed by atoms with E-state index >= 15 is 0 Å². The zero-order valence-corrected chi connectivity index (χ0v) is 15.3. The zero-order chi connectivity index (χ0) is 15.4. The van der Waals surface area contributed by atoms with Crippen molar-refractivity contribution in [3.05, 3.63) is 57.2 Å². The highest BCUT2D eigenvalue weighted by Crippen LogP contribution is 2.25. The van der Waals surface area contributed by atoms with Crippen molar-refractivity contribution in [2.75, 3.05) is 5.32 Å². The normalized spacial score (nSPS) is 12.0. The molecule has 2 nitrogen and oxygen atoms in total. The number of halogens is 1. The minimum atomic E-state index is -0.133. The molecule has 0 fully saturated rings. The molecule has 1 N–H and O–H groups in total. The van der Waals surface area contributed by atoms with Crippen LogP contribution in [0.2, 0.25) is 0 Å². The van der Waals surface area contributed by atoms with E-state index in [4.69, 9.17) is 0 Å². The largest absolute Gasteiger partial charge is 0.325 e. The van der Waals surface area contributed by atoms with E-state index in [0.717, 1.165) is 16.1 Å². The van der Waals surface area contributed by atoms with Crippen LogP contribution >= 0.6 is 34.4 Å². The summed E-state index contributed by atoms with van der Waals surface area (Å²) in [5.74, 6) is 0.0323. The summed E-state index contributed by atoms with van der Waals surface area (Å²) in [6.07, 6.45) is 0. The van der Waals surface area contributed by atoms with Gasteiger partial charge in [-0.15, -0.1) is 11.8 Å². The molecule has 2 rings (SSSR count). The fraction of sp³-hybridized carbons (Fsp3) is 0.235. The topological polar surface area (TPSA) is 29.1 Å². The van der Waals surface area contributed by atoms with E-state index in [1.54, 1.807) is 11.8 Å². The molecular weight excluding hydrogens is 393 g/mol. The third-order valence-corrected chi connectivity index (χ3v) is 4.93. The Labute approximate surface area is 143 Å². The molecule has 1 atom stereocenters. The van der Waals surface area contributed by atoms with Gasteiger partial charge in [0.2, 0.25) is 5.91 Å². The summed E-state index contributed by atoms with van der Waals surface area (Å²) in [5, 5.41) is 2.87. The lowest BCUT2D eigenvalue weighted by Gasteiger charge is -2.14. The zero-order valence-electron chi connectivity index (χ0n) is 12.3. The van der Waals surface area contributed by atoms with Crippen LogP contribution in [0.25, 0.3) is 0 Å². The molecular formula is C17H18INOS. The lowest BCUT2D eigenvalue weighted by Crippen LogP contribution is -2.22. The molecule has 110 valence electrons. The van der Waals surface area contributed by atoms with Gasteiger partial charge in [-0.05, 0) is 79.3 Å². The molecule has 21 heavy (non-hydrogen) atoms. The molecule has 0 saturated heterocycles. The first kappa shape index (κ1) is 16.4. The van der Waals surface area contributed by atoms with E-state index in [-0.39, 0.29) is 11.2 Å². The van der Waals surface area contributed by atoms with Crippen molar-refractivity contribution >= 4 is 45.9 Å². The number of amides is 1. The lowest BCUT2D eigenvalue weighted by atomic mass is 10.2. The molecule has 1 unspecified atom stereocenters. The highest BCUT2D eigenvalue weighted by atomic mass is 127. The van der Waals surface area contributed by atoms with Crippen molar-refractivity contribution in [2.24, 2.45) is 0 Å². The first-order chi connectivity index (χ1) is 9.95. The van der Waals surface area contributed by atoms with Crippen molar-refractivity contribution in [3.63, 3.8) is 0 Å². The Morgan fingerprint density at radius 2 is 1.81 bits per heavy atom. The van der Waals surface area contributed by atoms with Gasteiger partial charge in [-0.3, -0.25) is 4.79 Å². The Kier molecular flexibility index (Phi) is 5.70. The third kappa shape index (κ3) is 4.74. The van der Waals surface area contributed by atoms with E-state index in [2.05, 4.69) is 65.2 Å². The first-order valence-electron chi connectivity index (χ1n) is 6.76. The number of thioether (sulfide) groups is 1. The Bertz CT molecular complexity index is 640. The second-order valence-corrected chi connectivity index (χ2v) is 7.68. The van der Waals surface area contributed by atoms with Gasteiger partial charge in [0.25, 0.3) is 0 Å². The van der Waals surface area contributed by atoms with Crippen LogP contribution in [0, 0.1) is 17.4 Å². The van der Waals surface area contributed by atoms with Crippen LogP contribution in [-0.4, -0.2) is 11.2 Å². The molecule has 0 aromatic heterocycles. The van der Waals surface area contributed by atoms with E-state index in [9.17, 15) is 4.79 Å². The average molecular weight is 411 g/mol. The molecule has 0 radical (unpaired) electrons. The highest BCUT2D eigenvalue weighted by molar-refractivity contribution is 14.1. The van der Waals surface area contributed by atoms with Gasteiger partial charge >= 0.3 is 0 Å². The maximum absolute atomic E-state index is 12.3. The highest BCUT2D eigenvalue weighted by Gasteiger charge is 2.15. The molecule has 0 heterocycles. The summed E-state index contributed by atoms with van der Waals surface area (Å²) in [5.41, 5.74) is 3.20. The smallest absolute Gasteiger partial charge is 0.237 e. The Morgan fingerprint density at radius 3 is 2.43 bits per heavy atom. The molecule has 1 amide bonds. The van der Waals surface area contributed by atoms with Gasteiger partial charge in [0.15, 0.2) is 0 Å². The number of carbonyl (C=O) groups is 1. The maximum atomic E-state index is 12.3. The molecule has 0 aliphatic carbocycles. The molecule has 2 aromatic carbocycles. The number of aryl methyl sites for hydroxylation is 2. The molecule has 4 heteroatoms. The quantitative estimate of drug-likeness (QED) is 0.565. The van der Waals surface area contributed by atoms with Crippen molar-refractivity contribution in [2.45, 2.75) is 30.9 Å². The van der Waals surface area contributed by atoms with E-state index < -0.39 is 0 Å². The molecule has 0 saturated carbocycles. The standard InChI is InChI=1S/C17H18INOS/c1-11-4-7-15(8-5-11)21-13(3)17(20)19-16-9-6-14(18)10-12(16)2/h4-10,13H,1-3H3,(H,19,20). The van der Waals surface area contributed by atoms with E-state index in [1.807, 2.05) is 26.0 Å².